The summed E-state index contributed by atoms with van der Waals surface area (Å²) in [5, 5.41) is 4.94. The first kappa shape index (κ1) is 22.2. The summed E-state index contributed by atoms with van der Waals surface area (Å²) >= 11 is 1.47. The van der Waals surface area contributed by atoms with Gasteiger partial charge in [0.15, 0.2) is 0 Å². The molecule has 1 saturated heterocycles. The molecule has 1 fully saturated rings. The summed E-state index contributed by atoms with van der Waals surface area (Å²) in [5.41, 5.74) is 2.24. The van der Waals surface area contributed by atoms with Gasteiger partial charge >= 0.3 is 0 Å². The van der Waals surface area contributed by atoms with E-state index in [9.17, 15) is 4.79 Å². The molecule has 168 valence electrons. The fourth-order valence-corrected chi connectivity index (χ4v) is 4.40. The molecule has 4 rings (SSSR count). The Labute approximate surface area is 193 Å². The average molecular weight is 452 g/mol. The van der Waals surface area contributed by atoms with Crippen molar-refractivity contribution in [3.8, 4) is 11.5 Å². The molecule has 0 spiro atoms. The van der Waals surface area contributed by atoms with E-state index >= 15 is 0 Å². The van der Waals surface area contributed by atoms with Crippen LogP contribution in [-0.4, -0.2) is 57.2 Å². The Morgan fingerprint density at radius 3 is 2.50 bits per heavy atom. The highest BCUT2D eigenvalue weighted by Crippen LogP contribution is 2.29. The third kappa shape index (κ3) is 5.81. The largest absolute Gasteiger partial charge is 0.497 e. The number of para-hydroxylation sites is 2. The highest BCUT2D eigenvalue weighted by molar-refractivity contribution is 7.12. The number of anilines is 1. The van der Waals surface area contributed by atoms with Gasteiger partial charge < -0.3 is 19.7 Å². The Bertz CT molecular complexity index is 984. The fraction of sp³-hybridized carbons (Fsp3) is 0.320. The van der Waals surface area contributed by atoms with Crippen molar-refractivity contribution in [1.29, 1.82) is 0 Å². The van der Waals surface area contributed by atoms with Crippen LogP contribution < -0.4 is 19.7 Å². The number of rotatable bonds is 9. The molecule has 1 N–H and O–H groups in total. The molecule has 0 unspecified atom stereocenters. The van der Waals surface area contributed by atoms with Crippen molar-refractivity contribution in [2.75, 3.05) is 51.3 Å². The molecule has 2 heterocycles. The molecule has 0 saturated carbocycles. The molecule has 0 radical (unpaired) electrons. The minimum Gasteiger partial charge on any atom is -0.497 e. The maximum atomic E-state index is 12.1. The Hall–Kier alpha value is -3.03. The van der Waals surface area contributed by atoms with E-state index in [0.717, 1.165) is 60.4 Å². The summed E-state index contributed by atoms with van der Waals surface area (Å²) in [6.45, 7) is 5.83. The zero-order chi connectivity index (χ0) is 22.2. The number of ether oxygens (including phenoxy) is 2. The Morgan fingerprint density at radius 1 is 1.00 bits per heavy atom. The van der Waals surface area contributed by atoms with Crippen LogP contribution in [0.4, 0.5) is 5.69 Å². The minimum atomic E-state index is 0.0153. The molecule has 3 aromatic rings. The molecule has 1 aromatic heterocycles. The van der Waals surface area contributed by atoms with E-state index in [2.05, 4.69) is 27.2 Å². The number of hydrogen-bond acceptors (Lipinski definition) is 6. The zero-order valence-electron chi connectivity index (χ0n) is 18.3. The molecular formula is C25H29N3O3S. The first-order valence-electron chi connectivity index (χ1n) is 10.9. The van der Waals surface area contributed by atoms with Crippen LogP contribution in [0.5, 0.6) is 11.5 Å². The van der Waals surface area contributed by atoms with E-state index in [4.69, 9.17) is 9.47 Å². The van der Waals surface area contributed by atoms with Crippen molar-refractivity contribution in [3.63, 3.8) is 0 Å². The van der Waals surface area contributed by atoms with Crippen molar-refractivity contribution in [3.05, 3.63) is 76.5 Å². The summed E-state index contributed by atoms with van der Waals surface area (Å²) in [4.78, 5) is 17.6. The fourth-order valence-electron chi connectivity index (χ4n) is 3.76. The third-order valence-electron chi connectivity index (χ3n) is 5.59. The van der Waals surface area contributed by atoms with Crippen LogP contribution >= 0.6 is 11.3 Å². The van der Waals surface area contributed by atoms with E-state index in [1.165, 1.54) is 11.3 Å². The maximum Gasteiger partial charge on any atom is 0.261 e. The average Bonchev–Trinajstić information content (AvgIpc) is 3.39. The number of amides is 1. The number of carbonyl (C=O) groups is 1. The Balaban J connectivity index is 1.25. The lowest BCUT2D eigenvalue weighted by atomic mass is 10.2. The van der Waals surface area contributed by atoms with Crippen molar-refractivity contribution in [2.45, 2.75) is 6.61 Å². The lowest BCUT2D eigenvalue weighted by Crippen LogP contribution is -2.48. The number of methoxy groups -OCH3 is 1. The van der Waals surface area contributed by atoms with E-state index < -0.39 is 0 Å². The molecular weight excluding hydrogens is 422 g/mol. The van der Waals surface area contributed by atoms with E-state index in [0.29, 0.717) is 13.2 Å². The standard InChI is InChI=1S/C25H29N3O3S/c1-30-21-10-8-20(9-11-21)19-31-23-6-3-2-5-22(23)28-16-14-27(15-17-28)13-12-26-25(29)24-7-4-18-32-24/h2-11,18H,12-17,19H2,1H3,(H,26,29). The van der Waals surface area contributed by atoms with Gasteiger partial charge in [-0.2, -0.15) is 0 Å². The SMILES string of the molecule is COc1ccc(COc2ccccc2N2CCN(CCNC(=O)c3cccs3)CC2)cc1. The quantitative estimate of drug-likeness (QED) is 0.535. The second-order valence-electron chi connectivity index (χ2n) is 7.67. The molecule has 0 atom stereocenters. The smallest absolute Gasteiger partial charge is 0.261 e. The summed E-state index contributed by atoms with van der Waals surface area (Å²) in [7, 11) is 1.67. The number of hydrogen-bond donors (Lipinski definition) is 1. The minimum absolute atomic E-state index is 0.0153. The molecule has 0 aliphatic carbocycles. The first-order chi connectivity index (χ1) is 15.7. The Morgan fingerprint density at radius 2 is 1.78 bits per heavy atom. The number of benzene rings is 2. The first-order valence-corrected chi connectivity index (χ1v) is 11.7. The molecule has 2 aromatic carbocycles. The zero-order valence-corrected chi connectivity index (χ0v) is 19.1. The second kappa shape index (κ2) is 11.0. The summed E-state index contributed by atoms with van der Waals surface area (Å²) < 4.78 is 11.4. The normalized spacial score (nSPS) is 14.2. The van der Waals surface area contributed by atoms with Gasteiger partial charge in [0.1, 0.15) is 18.1 Å². The molecule has 6 nitrogen and oxygen atoms in total. The maximum absolute atomic E-state index is 12.1. The second-order valence-corrected chi connectivity index (χ2v) is 8.61. The van der Waals surface area contributed by atoms with Crippen molar-refractivity contribution in [1.82, 2.24) is 10.2 Å². The summed E-state index contributed by atoms with van der Waals surface area (Å²) in [5.74, 6) is 1.76. The van der Waals surface area contributed by atoms with Crippen LogP contribution in [0.15, 0.2) is 66.0 Å². The topological polar surface area (TPSA) is 54.0 Å². The van der Waals surface area contributed by atoms with Gasteiger partial charge in [-0.15, -0.1) is 11.3 Å². The van der Waals surface area contributed by atoms with Crippen LogP contribution in [0.25, 0.3) is 0 Å². The van der Waals surface area contributed by atoms with Gasteiger partial charge in [-0.3, -0.25) is 9.69 Å². The number of carbonyl (C=O) groups excluding carboxylic acids is 1. The van der Waals surface area contributed by atoms with Gasteiger partial charge in [0.05, 0.1) is 17.7 Å². The molecule has 0 bridgehead atoms. The van der Waals surface area contributed by atoms with E-state index in [-0.39, 0.29) is 5.91 Å². The number of nitrogens with one attached hydrogen (secondary N) is 1. The highest BCUT2D eigenvalue weighted by Gasteiger charge is 2.19. The van der Waals surface area contributed by atoms with Crippen molar-refractivity contribution >= 4 is 22.9 Å². The predicted molar refractivity (Wildman–Crippen MR) is 129 cm³/mol. The van der Waals surface area contributed by atoms with Crippen molar-refractivity contribution < 1.29 is 14.3 Å². The van der Waals surface area contributed by atoms with Crippen LogP contribution in [-0.2, 0) is 6.61 Å². The lowest BCUT2D eigenvalue weighted by molar-refractivity contribution is 0.0952. The third-order valence-corrected chi connectivity index (χ3v) is 6.46. The van der Waals surface area contributed by atoms with Gasteiger partial charge in [0.2, 0.25) is 0 Å². The summed E-state index contributed by atoms with van der Waals surface area (Å²) in [6.07, 6.45) is 0. The molecule has 7 heteroatoms. The number of nitrogens with zero attached hydrogens (tertiary/aromatic N) is 2. The van der Waals surface area contributed by atoms with Crippen LogP contribution in [0.2, 0.25) is 0 Å². The summed E-state index contributed by atoms with van der Waals surface area (Å²) in [6, 6.07) is 19.9. The molecule has 1 aliphatic rings. The number of thiophene rings is 1. The number of piperazine rings is 1. The van der Waals surface area contributed by atoms with Crippen molar-refractivity contribution in [2.24, 2.45) is 0 Å². The van der Waals surface area contributed by atoms with E-state index in [1.54, 1.807) is 7.11 Å². The molecule has 1 amide bonds. The van der Waals surface area contributed by atoms with Crippen LogP contribution in [0, 0.1) is 0 Å². The van der Waals surface area contributed by atoms with E-state index in [1.807, 2.05) is 53.9 Å². The van der Waals surface area contributed by atoms with Crippen LogP contribution in [0.1, 0.15) is 15.2 Å². The van der Waals surface area contributed by atoms with Crippen LogP contribution in [0.3, 0.4) is 0 Å². The van der Waals surface area contributed by atoms with Gasteiger partial charge in [-0.05, 0) is 41.3 Å². The van der Waals surface area contributed by atoms with Gasteiger partial charge in [0, 0.05) is 39.3 Å². The van der Waals surface area contributed by atoms with Gasteiger partial charge in [0.25, 0.3) is 5.91 Å². The highest BCUT2D eigenvalue weighted by atomic mass is 32.1. The Kier molecular flexibility index (Phi) is 7.64. The lowest BCUT2D eigenvalue weighted by Gasteiger charge is -2.36. The van der Waals surface area contributed by atoms with Gasteiger partial charge in [-0.1, -0.05) is 30.3 Å². The molecule has 32 heavy (non-hydrogen) atoms. The molecule has 1 aliphatic heterocycles. The monoisotopic (exact) mass is 451 g/mol. The van der Waals surface area contributed by atoms with Gasteiger partial charge in [-0.25, -0.2) is 0 Å². The predicted octanol–water partition coefficient (Wildman–Crippen LogP) is 3.89.